The number of thioether (sulfide) groups is 1. The maximum Gasteiger partial charge on any atom is 0.251 e. The van der Waals surface area contributed by atoms with Gasteiger partial charge in [-0.3, -0.25) is 4.79 Å². The van der Waals surface area contributed by atoms with E-state index in [-0.39, 0.29) is 5.91 Å². The fourth-order valence-corrected chi connectivity index (χ4v) is 3.88. The van der Waals surface area contributed by atoms with E-state index in [0.717, 1.165) is 53.2 Å². The largest absolute Gasteiger partial charge is 0.357 e. The molecule has 0 atom stereocenters. The molecule has 0 saturated heterocycles. The summed E-state index contributed by atoms with van der Waals surface area (Å²) in [5.41, 5.74) is 2.96. The van der Waals surface area contributed by atoms with E-state index < -0.39 is 0 Å². The lowest BCUT2D eigenvalue weighted by molar-refractivity contribution is 0.0952. The molecule has 1 aliphatic carbocycles. The van der Waals surface area contributed by atoms with Gasteiger partial charge >= 0.3 is 0 Å². The normalized spacial score (nSPS) is 13.6. The lowest BCUT2D eigenvalue weighted by atomic mass is 10.1. The average molecular weight is 413 g/mol. The minimum Gasteiger partial charge on any atom is -0.357 e. The molecule has 1 saturated carbocycles. The summed E-state index contributed by atoms with van der Waals surface area (Å²) < 4.78 is 0. The Morgan fingerprint density at radius 3 is 2.45 bits per heavy atom. The van der Waals surface area contributed by atoms with Gasteiger partial charge in [0.1, 0.15) is 5.82 Å². The Morgan fingerprint density at radius 2 is 1.86 bits per heavy atom. The molecule has 0 radical (unpaired) electrons. The molecule has 1 aromatic heterocycles. The van der Waals surface area contributed by atoms with E-state index >= 15 is 0 Å². The Kier molecular flexibility index (Phi) is 7.53. The molecule has 2 aromatic rings. The van der Waals surface area contributed by atoms with Crippen LogP contribution in [0.2, 0.25) is 0 Å². The summed E-state index contributed by atoms with van der Waals surface area (Å²) in [6.45, 7) is 11.3. The molecule has 3 rings (SSSR count). The zero-order valence-electron chi connectivity index (χ0n) is 17.9. The number of benzene rings is 1. The average Bonchev–Trinajstić information content (AvgIpc) is 3.56. The summed E-state index contributed by atoms with van der Waals surface area (Å²) in [7, 11) is 0. The number of carbonyl (C=O) groups excluding carboxylic acids is 1. The van der Waals surface area contributed by atoms with Crippen molar-refractivity contribution in [3.8, 4) is 0 Å². The summed E-state index contributed by atoms with van der Waals surface area (Å²) in [5, 5.41) is 3.82. The van der Waals surface area contributed by atoms with Gasteiger partial charge in [-0.05, 0) is 56.2 Å². The molecule has 0 aliphatic heterocycles. The van der Waals surface area contributed by atoms with E-state index in [9.17, 15) is 4.79 Å². The maximum atomic E-state index is 12.2. The molecule has 5 nitrogen and oxygen atoms in total. The van der Waals surface area contributed by atoms with E-state index in [1.807, 2.05) is 24.3 Å². The van der Waals surface area contributed by atoms with E-state index in [0.29, 0.717) is 11.8 Å². The second-order valence-corrected chi connectivity index (χ2v) is 8.84. The number of hydrogen-bond acceptors (Lipinski definition) is 5. The SMILES string of the molecule is CCN(CC)c1cc(C(C)C)nc(SCc2ccc(C(=O)NCC3CC3)cc2)n1. The first-order valence-corrected chi connectivity index (χ1v) is 11.6. The first-order valence-electron chi connectivity index (χ1n) is 10.6. The predicted octanol–water partition coefficient (Wildman–Crippen LogP) is 4.88. The van der Waals surface area contributed by atoms with Crippen molar-refractivity contribution < 1.29 is 4.79 Å². The number of nitrogens with zero attached hydrogens (tertiary/aromatic N) is 3. The third kappa shape index (κ3) is 6.20. The Balaban J connectivity index is 1.64. The van der Waals surface area contributed by atoms with Crippen LogP contribution in [0.15, 0.2) is 35.5 Å². The minimum atomic E-state index is 0.0212. The monoisotopic (exact) mass is 412 g/mol. The van der Waals surface area contributed by atoms with Crippen LogP contribution in [0.3, 0.4) is 0 Å². The number of amides is 1. The van der Waals surface area contributed by atoms with Gasteiger partial charge in [-0.1, -0.05) is 37.7 Å². The summed E-state index contributed by atoms with van der Waals surface area (Å²) in [4.78, 5) is 24.0. The van der Waals surface area contributed by atoms with Crippen LogP contribution in [0.25, 0.3) is 0 Å². The van der Waals surface area contributed by atoms with Gasteiger partial charge < -0.3 is 10.2 Å². The molecule has 0 bridgehead atoms. The Morgan fingerprint density at radius 1 is 1.17 bits per heavy atom. The van der Waals surface area contributed by atoms with Gasteiger partial charge in [0.15, 0.2) is 5.16 Å². The van der Waals surface area contributed by atoms with Crippen LogP contribution in [0.1, 0.15) is 68.1 Å². The lowest BCUT2D eigenvalue weighted by Gasteiger charge is -2.21. The van der Waals surface area contributed by atoms with Crippen LogP contribution < -0.4 is 10.2 Å². The molecule has 29 heavy (non-hydrogen) atoms. The van der Waals surface area contributed by atoms with Crippen molar-refractivity contribution >= 4 is 23.5 Å². The minimum absolute atomic E-state index is 0.0212. The number of hydrogen-bond donors (Lipinski definition) is 1. The quantitative estimate of drug-likeness (QED) is 0.445. The second-order valence-electron chi connectivity index (χ2n) is 7.90. The molecular weight excluding hydrogens is 380 g/mol. The Hall–Kier alpha value is -2.08. The van der Waals surface area contributed by atoms with Crippen molar-refractivity contribution in [1.29, 1.82) is 0 Å². The molecule has 156 valence electrons. The molecule has 1 N–H and O–H groups in total. The van der Waals surface area contributed by atoms with Gasteiger partial charge in [-0.2, -0.15) is 0 Å². The van der Waals surface area contributed by atoms with Crippen LogP contribution >= 0.6 is 11.8 Å². The fourth-order valence-electron chi connectivity index (χ4n) is 3.06. The molecule has 0 spiro atoms. The number of anilines is 1. The standard InChI is InChI=1S/C23H32N4OS/c1-5-27(6-2)21-13-20(16(3)4)25-23(26-21)29-15-18-9-11-19(12-10-18)22(28)24-14-17-7-8-17/h9-13,16-17H,5-8,14-15H2,1-4H3,(H,24,28). The summed E-state index contributed by atoms with van der Waals surface area (Å²) in [6, 6.07) is 9.97. The van der Waals surface area contributed by atoms with Crippen molar-refractivity contribution in [3.05, 3.63) is 47.2 Å². The van der Waals surface area contributed by atoms with E-state index in [4.69, 9.17) is 9.97 Å². The number of carbonyl (C=O) groups is 1. The summed E-state index contributed by atoms with van der Waals surface area (Å²) in [5.74, 6) is 2.85. The third-order valence-electron chi connectivity index (χ3n) is 5.22. The number of aromatic nitrogens is 2. The van der Waals surface area contributed by atoms with Crippen molar-refractivity contribution in [3.63, 3.8) is 0 Å². The fraction of sp³-hybridized carbons (Fsp3) is 0.522. The van der Waals surface area contributed by atoms with Crippen LogP contribution in [0, 0.1) is 5.92 Å². The topological polar surface area (TPSA) is 58.1 Å². The maximum absolute atomic E-state index is 12.2. The highest BCUT2D eigenvalue weighted by molar-refractivity contribution is 7.98. The van der Waals surface area contributed by atoms with Crippen molar-refractivity contribution in [2.75, 3.05) is 24.5 Å². The summed E-state index contributed by atoms with van der Waals surface area (Å²) in [6.07, 6.45) is 2.49. The molecular formula is C23H32N4OS. The van der Waals surface area contributed by atoms with Crippen LogP contribution in [-0.2, 0) is 5.75 Å². The number of rotatable bonds is 10. The molecule has 1 heterocycles. The lowest BCUT2D eigenvalue weighted by Crippen LogP contribution is -2.25. The zero-order chi connectivity index (χ0) is 20.8. The van der Waals surface area contributed by atoms with Crippen molar-refractivity contribution in [2.45, 2.75) is 57.4 Å². The van der Waals surface area contributed by atoms with E-state index in [1.54, 1.807) is 11.8 Å². The highest BCUT2D eigenvalue weighted by Gasteiger charge is 2.21. The predicted molar refractivity (Wildman–Crippen MR) is 121 cm³/mol. The summed E-state index contributed by atoms with van der Waals surface area (Å²) >= 11 is 1.64. The Bertz CT molecular complexity index is 814. The molecule has 6 heteroatoms. The Labute approximate surface area is 178 Å². The van der Waals surface area contributed by atoms with Crippen molar-refractivity contribution in [1.82, 2.24) is 15.3 Å². The molecule has 0 unspecified atom stereocenters. The van der Waals surface area contributed by atoms with Gasteiger partial charge in [0.05, 0.1) is 0 Å². The first kappa shape index (κ1) is 21.6. The van der Waals surface area contributed by atoms with Crippen LogP contribution in [0.4, 0.5) is 5.82 Å². The molecule has 1 amide bonds. The molecule has 1 aliphatic rings. The zero-order valence-corrected chi connectivity index (χ0v) is 18.8. The highest BCUT2D eigenvalue weighted by atomic mass is 32.2. The highest BCUT2D eigenvalue weighted by Crippen LogP contribution is 2.28. The van der Waals surface area contributed by atoms with Crippen LogP contribution in [0.5, 0.6) is 0 Å². The second kappa shape index (κ2) is 10.1. The smallest absolute Gasteiger partial charge is 0.251 e. The first-order chi connectivity index (χ1) is 14.0. The molecule has 1 aromatic carbocycles. The van der Waals surface area contributed by atoms with Gasteiger partial charge in [0, 0.05) is 42.7 Å². The molecule has 1 fully saturated rings. The van der Waals surface area contributed by atoms with E-state index in [1.165, 1.54) is 12.8 Å². The van der Waals surface area contributed by atoms with Gasteiger partial charge in [-0.15, -0.1) is 0 Å². The number of nitrogens with one attached hydrogen (secondary N) is 1. The third-order valence-corrected chi connectivity index (χ3v) is 6.14. The van der Waals surface area contributed by atoms with Gasteiger partial charge in [0.2, 0.25) is 0 Å². The van der Waals surface area contributed by atoms with Gasteiger partial charge in [-0.25, -0.2) is 9.97 Å². The van der Waals surface area contributed by atoms with Crippen molar-refractivity contribution in [2.24, 2.45) is 5.92 Å². The van der Waals surface area contributed by atoms with E-state index in [2.05, 4.69) is 44.0 Å². The van der Waals surface area contributed by atoms with Crippen LogP contribution in [-0.4, -0.2) is 35.5 Å². The van der Waals surface area contributed by atoms with Gasteiger partial charge in [0.25, 0.3) is 5.91 Å².